The molecule has 3 saturated heterocycles. The fourth-order valence-corrected chi connectivity index (χ4v) is 5.44. The number of aromatic nitrogens is 6. The van der Waals surface area contributed by atoms with Crippen molar-refractivity contribution < 1.29 is 13.9 Å². The summed E-state index contributed by atoms with van der Waals surface area (Å²) < 4.78 is 22.9. The molecule has 7 heterocycles. The van der Waals surface area contributed by atoms with Crippen LogP contribution >= 0.6 is 0 Å². The number of anilines is 3. The molecule has 3 aliphatic rings. The van der Waals surface area contributed by atoms with E-state index < -0.39 is 5.82 Å². The third-order valence-electron chi connectivity index (χ3n) is 7.41. The van der Waals surface area contributed by atoms with Gasteiger partial charge in [-0.25, -0.2) is 28.8 Å². The van der Waals surface area contributed by atoms with Gasteiger partial charge in [0.25, 0.3) is 0 Å². The number of carbonyl (C=O) groups is 1. The molecule has 200 valence electrons. The Morgan fingerprint density at radius 1 is 1.12 bits per heavy atom. The number of hydrogen-bond donors (Lipinski definition) is 1. The van der Waals surface area contributed by atoms with E-state index in [4.69, 9.17) is 9.72 Å². The van der Waals surface area contributed by atoms with Crippen LogP contribution in [0.15, 0.2) is 67.9 Å². The predicted octanol–water partition coefficient (Wildman–Crippen LogP) is 4.03. The summed E-state index contributed by atoms with van der Waals surface area (Å²) >= 11 is 0. The fraction of sp³-hybridized carbons (Fsp3) is 0.214. The number of nitrogens with zero attached hydrogens (tertiary/aromatic N) is 8. The van der Waals surface area contributed by atoms with Gasteiger partial charge < -0.3 is 19.9 Å². The number of piperazine rings is 1. The Morgan fingerprint density at radius 3 is 2.80 bits per heavy atom. The zero-order valence-electron chi connectivity index (χ0n) is 21.5. The number of fused-ring (bicyclic) bond motifs is 4. The molecule has 4 aromatic heterocycles. The van der Waals surface area contributed by atoms with Crippen molar-refractivity contribution in [2.24, 2.45) is 0 Å². The molecular formula is C28H24FN9O2. The molecule has 3 aliphatic heterocycles. The van der Waals surface area contributed by atoms with Crippen LogP contribution in [0, 0.1) is 12.7 Å². The van der Waals surface area contributed by atoms with Crippen molar-refractivity contribution in [2.75, 3.05) is 23.3 Å². The average Bonchev–Trinajstić information content (AvgIpc) is 3.43. The number of nitrogens with one attached hydrogen (secondary N) is 1. The molecule has 2 unspecified atom stereocenters. The first-order valence-corrected chi connectivity index (χ1v) is 12.8. The highest BCUT2D eigenvalue weighted by Crippen LogP contribution is 2.36. The maximum atomic E-state index is 15.3. The van der Waals surface area contributed by atoms with Crippen LogP contribution < -0.4 is 15.0 Å². The van der Waals surface area contributed by atoms with E-state index in [1.807, 2.05) is 24.0 Å². The van der Waals surface area contributed by atoms with Crippen molar-refractivity contribution in [3.63, 3.8) is 0 Å². The monoisotopic (exact) mass is 537 g/mol. The lowest BCUT2D eigenvalue weighted by Gasteiger charge is -2.56. The quantitative estimate of drug-likeness (QED) is 0.321. The van der Waals surface area contributed by atoms with Gasteiger partial charge in [-0.1, -0.05) is 6.58 Å². The fourth-order valence-electron chi connectivity index (χ4n) is 5.44. The molecule has 1 N–H and O–H groups in total. The van der Waals surface area contributed by atoms with E-state index >= 15 is 4.39 Å². The lowest BCUT2D eigenvalue weighted by atomic mass is 9.87. The predicted molar refractivity (Wildman–Crippen MR) is 146 cm³/mol. The topological polar surface area (TPSA) is 114 Å². The van der Waals surface area contributed by atoms with E-state index in [2.05, 4.69) is 36.8 Å². The van der Waals surface area contributed by atoms with Crippen molar-refractivity contribution in [2.45, 2.75) is 25.4 Å². The first kappa shape index (κ1) is 23.9. The van der Waals surface area contributed by atoms with E-state index in [0.717, 1.165) is 17.8 Å². The number of halogens is 1. The molecule has 12 heteroatoms. The minimum Gasteiger partial charge on any atom is -0.457 e. The van der Waals surface area contributed by atoms with Crippen molar-refractivity contribution in [1.29, 1.82) is 0 Å². The summed E-state index contributed by atoms with van der Waals surface area (Å²) in [5.74, 6) is 1.52. The maximum absolute atomic E-state index is 15.3. The highest BCUT2D eigenvalue weighted by atomic mass is 19.1. The van der Waals surface area contributed by atoms with Gasteiger partial charge in [0.2, 0.25) is 5.91 Å². The van der Waals surface area contributed by atoms with Gasteiger partial charge >= 0.3 is 0 Å². The molecular weight excluding hydrogens is 513 g/mol. The molecule has 1 aromatic carbocycles. The lowest BCUT2D eigenvalue weighted by molar-refractivity contribution is -0.140. The molecule has 0 saturated carbocycles. The van der Waals surface area contributed by atoms with Crippen LogP contribution in [0.4, 0.5) is 21.7 Å². The van der Waals surface area contributed by atoms with Crippen LogP contribution in [0.2, 0.25) is 0 Å². The highest BCUT2D eigenvalue weighted by Gasteiger charge is 2.46. The third-order valence-corrected chi connectivity index (χ3v) is 7.41. The molecule has 2 bridgehead atoms. The third kappa shape index (κ3) is 4.04. The number of pyridine rings is 2. The first-order valence-electron chi connectivity index (χ1n) is 12.8. The summed E-state index contributed by atoms with van der Waals surface area (Å²) in [5.41, 5.74) is 2.75. The Morgan fingerprint density at radius 2 is 1.98 bits per heavy atom. The van der Waals surface area contributed by atoms with Gasteiger partial charge in [-0.2, -0.15) is 5.10 Å². The molecule has 0 spiro atoms. The lowest BCUT2D eigenvalue weighted by Crippen LogP contribution is -2.70. The molecule has 0 aliphatic carbocycles. The minimum absolute atomic E-state index is 0.0302. The normalized spacial score (nSPS) is 18.1. The summed E-state index contributed by atoms with van der Waals surface area (Å²) in [6.07, 6.45) is 6.95. The van der Waals surface area contributed by atoms with Crippen LogP contribution in [0.25, 0.3) is 16.7 Å². The van der Waals surface area contributed by atoms with Gasteiger partial charge in [0.05, 0.1) is 23.3 Å². The van der Waals surface area contributed by atoms with E-state index in [0.29, 0.717) is 47.1 Å². The van der Waals surface area contributed by atoms with Gasteiger partial charge in [-0.05, 0) is 49.2 Å². The Hall–Kier alpha value is -5.13. The summed E-state index contributed by atoms with van der Waals surface area (Å²) in [6, 6.07) is 10.5. The van der Waals surface area contributed by atoms with Gasteiger partial charge in [-0.15, -0.1) is 0 Å². The van der Waals surface area contributed by atoms with E-state index in [1.165, 1.54) is 24.8 Å². The van der Waals surface area contributed by atoms with E-state index in [1.54, 1.807) is 28.9 Å². The van der Waals surface area contributed by atoms with Crippen molar-refractivity contribution in [1.82, 2.24) is 34.4 Å². The molecule has 0 radical (unpaired) electrons. The largest absolute Gasteiger partial charge is 0.457 e. The SMILES string of the molecule is C=CC(=O)N1C2CC1CN(c1ccc3ncnc(Nc4cc(C)c(Oc5ccn6ncnc6c5)cc4F)c3n1)C2. The van der Waals surface area contributed by atoms with Crippen LogP contribution in [0.3, 0.4) is 0 Å². The zero-order valence-corrected chi connectivity index (χ0v) is 21.5. The number of carbonyl (C=O) groups excluding carboxylic acids is 1. The average molecular weight is 538 g/mol. The second kappa shape index (κ2) is 9.26. The highest BCUT2D eigenvalue weighted by molar-refractivity contribution is 5.89. The van der Waals surface area contributed by atoms with Gasteiger partial charge in [0.1, 0.15) is 41.3 Å². The van der Waals surface area contributed by atoms with Crippen LogP contribution in [-0.2, 0) is 4.79 Å². The maximum Gasteiger partial charge on any atom is 0.246 e. The Bertz CT molecular complexity index is 1790. The number of hydrogen-bond acceptors (Lipinski definition) is 9. The molecule has 8 rings (SSSR count). The number of aryl methyl sites for hydroxylation is 1. The van der Waals surface area contributed by atoms with Crippen LogP contribution in [-0.4, -0.2) is 65.5 Å². The molecule has 11 nitrogen and oxygen atoms in total. The number of amides is 1. The van der Waals surface area contributed by atoms with Crippen molar-refractivity contribution >= 4 is 39.9 Å². The second-order valence-corrected chi connectivity index (χ2v) is 9.91. The Kier molecular flexibility index (Phi) is 5.54. The first-order chi connectivity index (χ1) is 19.5. The molecule has 40 heavy (non-hydrogen) atoms. The summed E-state index contributed by atoms with van der Waals surface area (Å²) in [7, 11) is 0. The second-order valence-electron chi connectivity index (χ2n) is 9.91. The van der Waals surface area contributed by atoms with Crippen molar-refractivity contribution in [3.8, 4) is 11.5 Å². The van der Waals surface area contributed by atoms with Crippen molar-refractivity contribution in [3.05, 3.63) is 79.3 Å². The Balaban J connectivity index is 1.14. The smallest absolute Gasteiger partial charge is 0.246 e. The summed E-state index contributed by atoms with van der Waals surface area (Å²) in [5, 5.41) is 7.16. The minimum atomic E-state index is -0.504. The Labute approximate surface area is 228 Å². The van der Waals surface area contributed by atoms with Gasteiger partial charge in [0.15, 0.2) is 11.5 Å². The molecule has 5 aromatic rings. The number of ether oxygens (including phenoxy) is 1. The summed E-state index contributed by atoms with van der Waals surface area (Å²) in [4.78, 5) is 33.9. The van der Waals surface area contributed by atoms with E-state index in [9.17, 15) is 4.79 Å². The number of benzene rings is 1. The van der Waals surface area contributed by atoms with E-state index in [-0.39, 0.29) is 23.7 Å². The molecule has 2 atom stereocenters. The number of rotatable bonds is 6. The van der Waals surface area contributed by atoms with Gasteiger partial charge in [-0.3, -0.25) is 4.79 Å². The zero-order chi connectivity index (χ0) is 27.4. The molecule has 3 fully saturated rings. The van der Waals surface area contributed by atoms with Gasteiger partial charge in [0, 0.05) is 31.4 Å². The summed E-state index contributed by atoms with van der Waals surface area (Å²) in [6.45, 7) is 6.82. The van der Waals surface area contributed by atoms with Crippen LogP contribution in [0.1, 0.15) is 12.0 Å². The number of piperidine rings is 1. The standard InChI is InChI=1S/C28H24FN9O2/c1-3-26(39)38-17-9-18(38)13-36(12-17)24-5-4-21-27(35-24)28(32-14-30-21)34-22-8-16(2)23(11-20(22)29)40-19-6-7-37-25(10-19)31-15-33-37/h3-8,10-11,14-15,17-18H,1,9,12-13H2,2H3,(H,30,32,34). The van der Waals surface area contributed by atoms with Crippen LogP contribution in [0.5, 0.6) is 11.5 Å². The molecule has 1 amide bonds.